The summed E-state index contributed by atoms with van der Waals surface area (Å²) in [6, 6.07) is 0. The first-order chi connectivity index (χ1) is 4.74. The first kappa shape index (κ1) is 8.54. The van der Waals surface area contributed by atoms with Crippen LogP contribution in [0.2, 0.25) is 0 Å². The van der Waals surface area contributed by atoms with Gasteiger partial charge in [-0.2, -0.15) is 0 Å². The smallest absolute Gasteiger partial charge is 0.0610 e. The summed E-state index contributed by atoms with van der Waals surface area (Å²) < 4.78 is 0.787. The third-order valence-corrected chi connectivity index (χ3v) is 4.98. The van der Waals surface area contributed by atoms with Gasteiger partial charge in [0.05, 0.1) is 4.58 Å². The number of thioether (sulfide) groups is 2. The lowest BCUT2D eigenvalue weighted by molar-refractivity contribution is 0.723. The standard InChI is InChI=1S/C8H14S2/c1-4-7-5-9-8(10-7)6(2)3/h5-6,8H,4H2,1-3H3. The lowest BCUT2D eigenvalue weighted by Gasteiger charge is -2.11. The average molecular weight is 174 g/mol. The van der Waals surface area contributed by atoms with Crippen LogP contribution in [0.3, 0.4) is 0 Å². The van der Waals surface area contributed by atoms with Crippen LogP contribution in [0.15, 0.2) is 10.3 Å². The van der Waals surface area contributed by atoms with E-state index in [0.717, 1.165) is 10.5 Å². The molecule has 1 unspecified atom stereocenters. The van der Waals surface area contributed by atoms with Crippen LogP contribution in [0.4, 0.5) is 0 Å². The quantitative estimate of drug-likeness (QED) is 0.626. The first-order valence-corrected chi connectivity index (χ1v) is 5.57. The summed E-state index contributed by atoms with van der Waals surface area (Å²) in [7, 11) is 0. The highest BCUT2D eigenvalue weighted by atomic mass is 32.2. The predicted octanol–water partition coefficient (Wildman–Crippen LogP) is 3.70. The van der Waals surface area contributed by atoms with Crippen molar-refractivity contribution >= 4 is 23.5 Å². The monoisotopic (exact) mass is 174 g/mol. The third kappa shape index (κ3) is 1.96. The van der Waals surface area contributed by atoms with E-state index >= 15 is 0 Å². The van der Waals surface area contributed by atoms with Crippen LogP contribution in [-0.2, 0) is 0 Å². The number of hydrogen-bond acceptors (Lipinski definition) is 2. The first-order valence-electron chi connectivity index (χ1n) is 3.75. The Hall–Kier alpha value is 0.440. The zero-order valence-corrected chi connectivity index (χ0v) is 8.39. The Morgan fingerprint density at radius 1 is 1.60 bits per heavy atom. The van der Waals surface area contributed by atoms with Gasteiger partial charge in [0.1, 0.15) is 0 Å². The van der Waals surface area contributed by atoms with Gasteiger partial charge in [0.15, 0.2) is 0 Å². The second-order valence-corrected chi connectivity index (χ2v) is 5.39. The molecule has 1 aliphatic heterocycles. The summed E-state index contributed by atoms with van der Waals surface area (Å²) in [6.07, 6.45) is 1.21. The maximum absolute atomic E-state index is 2.31. The third-order valence-electron chi connectivity index (χ3n) is 1.49. The molecule has 1 heterocycles. The van der Waals surface area contributed by atoms with Crippen molar-refractivity contribution in [2.24, 2.45) is 5.92 Å². The molecule has 58 valence electrons. The molecule has 0 nitrogen and oxygen atoms in total. The summed E-state index contributed by atoms with van der Waals surface area (Å²) in [5, 5.41) is 2.31. The molecule has 0 saturated carbocycles. The number of allylic oxidation sites excluding steroid dienone is 1. The van der Waals surface area contributed by atoms with E-state index < -0.39 is 0 Å². The molecule has 0 N–H and O–H groups in total. The maximum atomic E-state index is 2.31. The molecule has 0 fully saturated rings. The van der Waals surface area contributed by atoms with E-state index in [-0.39, 0.29) is 0 Å². The van der Waals surface area contributed by atoms with Gasteiger partial charge in [-0.3, -0.25) is 0 Å². The van der Waals surface area contributed by atoms with Gasteiger partial charge in [0, 0.05) is 0 Å². The second-order valence-electron chi connectivity index (χ2n) is 2.80. The van der Waals surface area contributed by atoms with Crippen LogP contribution in [0.25, 0.3) is 0 Å². The molecule has 1 aliphatic rings. The van der Waals surface area contributed by atoms with Crippen molar-refractivity contribution in [1.29, 1.82) is 0 Å². The summed E-state index contributed by atoms with van der Waals surface area (Å²) in [6.45, 7) is 6.80. The normalized spacial score (nSPS) is 25.6. The molecule has 0 saturated heterocycles. The topological polar surface area (TPSA) is 0 Å². The van der Waals surface area contributed by atoms with Crippen LogP contribution in [0.5, 0.6) is 0 Å². The lowest BCUT2D eigenvalue weighted by atomic mass is 10.3. The Labute approximate surface area is 71.8 Å². The molecule has 0 amide bonds. The van der Waals surface area contributed by atoms with Gasteiger partial charge >= 0.3 is 0 Å². The summed E-state index contributed by atoms with van der Waals surface area (Å²) in [5.41, 5.74) is 0. The Morgan fingerprint density at radius 3 is 2.60 bits per heavy atom. The average Bonchev–Trinajstić information content (AvgIpc) is 2.34. The van der Waals surface area contributed by atoms with E-state index in [9.17, 15) is 0 Å². The maximum Gasteiger partial charge on any atom is 0.0610 e. The van der Waals surface area contributed by atoms with Crippen molar-refractivity contribution in [2.45, 2.75) is 31.8 Å². The molecule has 0 spiro atoms. The predicted molar refractivity (Wildman–Crippen MR) is 52.2 cm³/mol. The van der Waals surface area contributed by atoms with Crippen molar-refractivity contribution in [2.75, 3.05) is 0 Å². The van der Waals surface area contributed by atoms with Gasteiger partial charge in [-0.1, -0.05) is 20.8 Å². The molecule has 1 rings (SSSR count). The van der Waals surface area contributed by atoms with Gasteiger partial charge < -0.3 is 0 Å². The zero-order valence-electron chi connectivity index (χ0n) is 6.76. The van der Waals surface area contributed by atoms with E-state index in [2.05, 4.69) is 26.2 Å². The fourth-order valence-electron chi connectivity index (χ4n) is 0.808. The minimum absolute atomic E-state index is 0.787. The van der Waals surface area contributed by atoms with Crippen LogP contribution in [0, 0.1) is 5.92 Å². The van der Waals surface area contributed by atoms with Gasteiger partial charge in [0.2, 0.25) is 0 Å². The van der Waals surface area contributed by atoms with Crippen molar-refractivity contribution in [3.05, 3.63) is 10.3 Å². The molecular weight excluding hydrogens is 160 g/mol. The minimum atomic E-state index is 0.787. The van der Waals surface area contributed by atoms with Crippen molar-refractivity contribution < 1.29 is 0 Å². The molecule has 0 radical (unpaired) electrons. The van der Waals surface area contributed by atoms with E-state index in [1.807, 2.05) is 23.5 Å². The molecule has 0 aromatic rings. The number of hydrogen-bond donors (Lipinski definition) is 0. The van der Waals surface area contributed by atoms with Crippen molar-refractivity contribution in [3.8, 4) is 0 Å². The molecule has 0 aliphatic carbocycles. The molecule has 0 aromatic heterocycles. The van der Waals surface area contributed by atoms with Gasteiger partial charge in [-0.05, 0) is 22.7 Å². The molecular formula is C8H14S2. The summed E-state index contributed by atoms with van der Waals surface area (Å²) >= 11 is 4.03. The van der Waals surface area contributed by atoms with Crippen molar-refractivity contribution in [3.63, 3.8) is 0 Å². The zero-order chi connectivity index (χ0) is 7.56. The van der Waals surface area contributed by atoms with Gasteiger partial charge in [0.25, 0.3) is 0 Å². The van der Waals surface area contributed by atoms with Crippen LogP contribution < -0.4 is 0 Å². The highest BCUT2D eigenvalue weighted by molar-refractivity contribution is 8.23. The fraction of sp³-hybridized carbons (Fsp3) is 0.750. The Kier molecular flexibility index (Phi) is 3.18. The minimum Gasteiger partial charge on any atom is -0.118 e. The molecule has 2 heteroatoms. The molecule has 1 atom stereocenters. The summed E-state index contributed by atoms with van der Waals surface area (Å²) in [5.74, 6) is 0.801. The Morgan fingerprint density at radius 2 is 2.30 bits per heavy atom. The Bertz CT molecular complexity index is 138. The molecule has 10 heavy (non-hydrogen) atoms. The molecule has 0 bridgehead atoms. The van der Waals surface area contributed by atoms with E-state index in [1.54, 1.807) is 4.91 Å². The van der Waals surface area contributed by atoms with Crippen molar-refractivity contribution in [1.82, 2.24) is 0 Å². The SMILES string of the molecule is CCC1=CSC(C(C)C)S1. The van der Waals surface area contributed by atoms with Crippen LogP contribution in [-0.4, -0.2) is 4.58 Å². The Balaban J connectivity index is 2.36. The molecule has 0 aromatic carbocycles. The van der Waals surface area contributed by atoms with Crippen LogP contribution in [0.1, 0.15) is 27.2 Å². The highest BCUT2D eigenvalue weighted by Gasteiger charge is 2.19. The largest absolute Gasteiger partial charge is 0.118 e. The summed E-state index contributed by atoms with van der Waals surface area (Å²) in [4.78, 5) is 1.56. The van der Waals surface area contributed by atoms with Crippen LogP contribution >= 0.6 is 23.5 Å². The van der Waals surface area contributed by atoms with Gasteiger partial charge in [-0.25, -0.2) is 0 Å². The van der Waals surface area contributed by atoms with Gasteiger partial charge in [-0.15, -0.1) is 23.5 Å². The fourth-order valence-corrected chi connectivity index (χ4v) is 3.46. The van der Waals surface area contributed by atoms with E-state index in [0.29, 0.717) is 0 Å². The highest BCUT2D eigenvalue weighted by Crippen LogP contribution is 2.44. The number of rotatable bonds is 2. The van der Waals surface area contributed by atoms with E-state index in [1.165, 1.54) is 6.42 Å². The van der Waals surface area contributed by atoms with E-state index in [4.69, 9.17) is 0 Å². The second kappa shape index (κ2) is 3.72. The lowest BCUT2D eigenvalue weighted by Crippen LogP contribution is -2.01.